The highest BCUT2D eigenvalue weighted by Gasteiger charge is 2.33. The number of carbonyl (C=O) groups is 2. The maximum atomic E-state index is 11.6. The third kappa shape index (κ3) is 4.38. The number of hydrogen-bond donors (Lipinski definition) is 2. The molecule has 2 heterocycles. The summed E-state index contributed by atoms with van der Waals surface area (Å²) < 4.78 is 41.6. The molecule has 1 amide bonds. The predicted molar refractivity (Wildman–Crippen MR) is 96.2 cm³/mol. The van der Waals surface area contributed by atoms with Crippen LogP contribution in [0.2, 0.25) is 0 Å². The fraction of sp³-hybridized carbons (Fsp3) is 0.500. The highest BCUT2D eigenvalue weighted by Crippen LogP contribution is 2.27. The van der Waals surface area contributed by atoms with Gasteiger partial charge in [0.1, 0.15) is 12.0 Å². The smallest absolute Gasteiger partial charge is 0.414 e. The van der Waals surface area contributed by atoms with Crippen molar-refractivity contribution >= 4 is 33.9 Å². The van der Waals surface area contributed by atoms with Crippen LogP contribution in [-0.4, -0.2) is 69.3 Å². The van der Waals surface area contributed by atoms with Crippen LogP contribution in [0.5, 0.6) is 0 Å². The Labute approximate surface area is 156 Å². The number of benzene rings is 1. The van der Waals surface area contributed by atoms with Crippen LogP contribution in [0.15, 0.2) is 24.3 Å². The number of anilines is 2. The summed E-state index contributed by atoms with van der Waals surface area (Å²) in [6, 6.07) is 7.07. The minimum Gasteiger partial charge on any atom is -0.447 e. The molecule has 0 aromatic heterocycles. The number of rotatable bonds is 7. The molecule has 2 aliphatic rings. The van der Waals surface area contributed by atoms with E-state index in [1.807, 2.05) is 0 Å². The summed E-state index contributed by atoms with van der Waals surface area (Å²) in [5.74, 6) is 0. The van der Waals surface area contributed by atoms with Crippen molar-refractivity contribution in [3.8, 4) is 0 Å². The van der Waals surface area contributed by atoms with E-state index >= 15 is 0 Å². The van der Waals surface area contributed by atoms with Gasteiger partial charge in [-0.2, -0.15) is 8.42 Å². The van der Waals surface area contributed by atoms with Crippen molar-refractivity contribution in [1.29, 1.82) is 0 Å². The van der Waals surface area contributed by atoms with Gasteiger partial charge in [0.15, 0.2) is 12.5 Å². The number of hydrogen-bond acceptors (Lipinski definition) is 8. The van der Waals surface area contributed by atoms with Crippen LogP contribution in [0.4, 0.5) is 16.2 Å². The molecule has 0 bridgehead atoms. The van der Waals surface area contributed by atoms with Crippen molar-refractivity contribution in [2.45, 2.75) is 24.6 Å². The van der Waals surface area contributed by atoms with Crippen LogP contribution in [0.1, 0.15) is 6.92 Å². The molecule has 27 heavy (non-hydrogen) atoms. The van der Waals surface area contributed by atoms with Gasteiger partial charge in [-0.15, -0.1) is 0 Å². The van der Waals surface area contributed by atoms with Crippen LogP contribution in [-0.2, 0) is 24.4 Å². The van der Waals surface area contributed by atoms with Gasteiger partial charge in [0, 0.05) is 24.5 Å². The second-order valence-electron chi connectivity index (χ2n) is 6.28. The molecular formula is C16H21N3O7S. The maximum Gasteiger partial charge on any atom is 0.414 e. The number of carbonyl (C=O) groups excluding carboxylic acids is 2. The first-order valence-corrected chi connectivity index (χ1v) is 9.91. The lowest BCUT2D eigenvalue weighted by molar-refractivity contribution is -0.117. The molecule has 3 atom stereocenters. The standard InChI is InChI=1S/C16H21N3O7S/c1-11(27(22,23)24)17-8-14-9-19(15(10-20)26-14)13-4-2-12(3-5-13)18-6-7-25-16(18)21/h2-5,10-11,14-15,17H,6-9H2,1H3,(H,22,23,24)/t11?,14-,15?/m0/s1. The first kappa shape index (κ1) is 19.5. The first-order chi connectivity index (χ1) is 12.8. The van der Waals surface area contributed by atoms with Crippen LogP contribution in [0.3, 0.4) is 0 Å². The fourth-order valence-electron chi connectivity index (χ4n) is 2.96. The minimum absolute atomic E-state index is 0.152. The van der Waals surface area contributed by atoms with Gasteiger partial charge in [-0.05, 0) is 31.2 Å². The molecule has 2 saturated heterocycles. The Hall–Kier alpha value is -2.21. The van der Waals surface area contributed by atoms with Gasteiger partial charge in [0.2, 0.25) is 0 Å². The molecule has 11 heteroatoms. The summed E-state index contributed by atoms with van der Waals surface area (Å²) >= 11 is 0. The number of cyclic esters (lactones) is 1. The van der Waals surface area contributed by atoms with Gasteiger partial charge >= 0.3 is 6.09 Å². The van der Waals surface area contributed by atoms with Crippen molar-refractivity contribution in [2.24, 2.45) is 0 Å². The van der Waals surface area contributed by atoms with Crippen molar-refractivity contribution in [3.63, 3.8) is 0 Å². The topological polar surface area (TPSA) is 125 Å². The Kier molecular flexibility index (Phi) is 5.65. The third-order valence-corrected chi connectivity index (χ3v) is 5.55. The van der Waals surface area contributed by atoms with Gasteiger partial charge in [0.05, 0.1) is 12.6 Å². The normalized spacial score (nSPS) is 24.1. The van der Waals surface area contributed by atoms with Crippen LogP contribution >= 0.6 is 0 Å². The average molecular weight is 399 g/mol. The van der Waals surface area contributed by atoms with Crippen molar-refractivity contribution < 1.29 is 32.0 Å². The number of ether oxygens (including phenoxy) is 2. The van der Waals surface area contributed by atoms with E-state index in [1.165, 1.54) is 11.8 Å². The van der Waals surface area contributed by atoms with E-state index in [0.717, 1.165) is 5.69 Å². The average Bonchev–Trinajstić information content (AvgIpc) is 3.25. The minimum atomic E-state index is -4.19. The van der Waals surface area contributed by atoms with Gasteiger partial charge < -0.3 is 14.4 Å². The number of nitrogens with zero attached hydrogens (tertiary/aromatic N) is 2. The monoisotopic (exact) mass is 399 g/mol. The van der Waals surface area contributed by atoms with Crippen molar-refractivity contribution in [3.05, 3.63) is 24.3 Å². The Balaban J connectivity index is 1.65. The lowest BCUT2D eigenvalue weighted by atomic mass is 10.2. The predicted octanol–water partition coefficient (Wildman–Crippen LogP) is 0.197. The molecule has 2 unspecified atom stereocenters. The maximum absolute atomic E-state index is 11.6. The lowest BCUT2D eigenvalue weighted by Gasteiger charge is -2.22. The van der Waals surface area contributed by atoms with Crippen molar-refractivity contribution in [2.75, 3.05) is 36.0 Å². The van der Waals surface area contributed by atoms with Gasteiger partial charge in [-0.3, -0.25) is 19.6 Å². The molecule has 0 saturated carbocycles. The van der Waals surface area contributed by atoms with Crippen LogP contribution in [0, 0.1) is 0 Å². The fourth-order valence-corrected chi connectivity index (χ4v) is 3.27. The quantitative estimate of drug-likeness (QED) is 0.488. The Morgan fingerprint density at radius 3 is 2.56 bits per heavy atom. The van der Waals surface area contributed by atoms with E-state index in [1.54, 1.807) is 29.2 Å². The molecule has 2 N–H and O–H groups in total. The number of aldehydes is 1. The summed E-state index contributed by atoms with van der Waals surface area (Å²) in [6.45, 7) is 2.67. The Bertz CT molecular complexity index is 799. The Morgan fingerprint density at radius 2 is 2.00 bits per heavy atom. The summed E-state index contributed by atoms with van der Waals surface area (Å²) in [7, 11) is -4.19. The molecule has 0 radical (unpaired) electrons. The molecule has 148 valence electrons. The molecule has 3 rings (SSSR count). The van der Waals surface area contributed by atoms with Gasteiger partial charge in [-0.1, -0.05) is 0 Å². The summed E-state index contributed by atoms with van der Waals surface area (Å²) in [5.41, 5.74) is 1.43. The van der Waals surface area contributed by atoms with Gasteiger partial charge in [-0.25, -0.2) is 4.79 Å². The first-order valence-electron chi connectivity index (χ1n) is 8.41. The van der Waals surface area contributed by atoms with E-state index in [0.29, 0.717) is 31.7 Å². The molecule has 1 aromatic carbocycles. The zero-order valence-corrected chi connectivity index (χ0v) is 15.5. The molecule has 0 spiro atoms. The third-order valence-electron chi connectivity index (χ3n) is 4.49. The van der Waals surface area contributed by atoms with E-state index in [9.17, 15) is 18.0 Å². The highest BCUT2D eigenvalue weighted by molar-refractivity contribution is 7.86. The molecule has 0 aliphatic carbocycles. The lowest BCUT2D eigenvalue weighted by Crippen LogP contribution is -2.39. The van der Waals surface area contributed by atoms with Crippen LogP contribution in [0.25, 0.3) is 0 Å². The molecular weight excluding hydrogens is 378 g/mol. The van der Waals surface area contributed by atoms with Gasteiger partial charge in [0.25, 0.3) is 10.1 Å². The second kappa shape index (κ2) is 7.80. The van der Waals surface area contributed by atoms with E-state index in [-0.39, 0.29) is 6.54 Å². The van der Waals surface area contributed by atoms with E-state index in [2.05, 4.69) is 5.32 Å². The molecule has 1 aromatic rings. The molecule has 2 aliphatic heterocycles. The molecule has 2 fully saturated rings. The van der Waals surface area contributed by atoms with E-state index < -0.39 is 33.9 Å². The summed E-state index contributed by atoms with van der Waals surface area (Å²) in [6.07, 6.45) is -0.965. The summed E-state index contributed by atoms with van der Waals surface area (Å²) in [4.78, 5) is 26.2. The SMILES string of the molecule is CC(NC[C@H]1CN(c2ccc(N3CCOC3=O)cc2)C(C=O)O1)S(=O)(=O)O. The van der Waals surface area contributed by atoms with E-state index in [4.69, 9.17) is 14.0 Å². The highest BCUT2D eigenvalue weighted by atomic mass is 32.2. The van der Waals surface area contributed by atoms with Crippen molar-refractivity contribution in [1.82, 2.24) is 5.32 Å². The zero-order chi connectivity index (χ0) is 19.6. The zero-order valence-electron chi connectivity index (χ0n) is 14.6. The Morgan fingerprint density at radius 1 is 1.33 bits per heavy atom. The second-order valence-corrected chi connectivity index (χ2v) is 8.02. The molecule has 10 nitrogen and oxygen atoms in total. The van der Waals surface area contributed by atoms with Crippen LogP contribution < -0.4 is 15.1 Å². The largest absolute Gasteiger partial charge is 0.447 e. The number of nitrogens with one attached hydrogen (secondary N) is 1. The summed E-state index contributed by atoms with van der Waals surface area (Å²) in [5, 5.41) is 1.53. The number of amides is 1.